The molecule has 0 saturated carbocycles. The average molecular weight is 306 g/mol. The molecule has 0 radical (unpaired) electrons. The highest BCUT2D eigenvalue weighted by atomic mass is 35.5. The van der Waals surface area contributed by atoms with Gasteiger partial charge in [-0.3, -0.25) is 9.59 Å². The number of aromatic nitrogens is 1. The number of rotatable bonds is 4. The van der Waals surface area contributed by atoms with Gasteiger partial charge in [-0.2, -0.15) is 0 Å². The topological polar surface area (TPSA) is 77.1 Å². The summed E-state index contributed by atoms with van der Waals surface area (Å²) in [5.41, 5.74) is 6.85. The first-order chi connectivity index (χ1) is 10.0. The monoisotopic (exact) mass is 305 g/mol. The van der Waals surface area contributed by atoms with Crippen LogP contribution in [-0.2, 0) is 6.54 Å². The molecule has 21 heavy (non-hydrogen) atoms. The van der Waals surface area contributed by atoms with E-state index >= 15 is 0 Å². The minimum absolute atomic E-state index is 0.100. The van der Waals surface area contributed by atoms with Crippen molar-refractivity contribution in [3.8, 4) is 0 Å². The number of aryl methyl sites for hydroxylation is 1. The Kier molecular flexibility index (Phi) is 4.65. The number of nitrogens with zero attached hydrogens (tertiary/aromatic N) is 1. The predicted molar refractivity (Wildman–Crippen MR) is 84.8 cm³/mol. The number of halogens is 1. The smallest absolute Gasteiger partial charge is 0.257 e. The lowest BCUT2D eigenvalue weighted by Crippen LogP contribution is -2.20. The van der Waals surface area contributed by atoms with Crippen molar-refractivity contribution in [1.82, 2.24) is 4.57 Å². The maximum absolute atomic E-state index is 12.2. The predicted octanol–water partition coefficient (Wildman–Crippen LogP) is 2.75. The van der Waals surface area contributed by atoms with Crippen molar-refractivity contribution in [1.29, 1.82) is 0 Å². The van der Waals surface area contributed by atoms with Crippen LogP contribution in [0.3, 0.4) is 0 Å². The molecule has 0 aliphatic rings. The Morgan fingerprint density at radius 3 is 2.81 bits per heavy atom. The molecule has 3 N–H and O–H groups in total. The second kappa shape index (κ2) is 6.45. The summed E-state index contributed by atoms with van der Waals surface area (Å²) in [5, 5.41) is 3.04. The van der Waals surface area contributed by atoms with Crippen LogP contribution in [-0.4, -0.2) is 10.5 Å². The lowest BCUT2D eigenvalue weighted by molar-refractivity contribution is 0.102. The van der Waals surface area contributed by atoms with E-state index in [4.69, 9.17) is 17.3 Å². The molecule has 6 heteroatoms. The summed E-state index contributed by atoms with van der Waals surface area (Å²) in [7, 11) is 0. The molecule has 0 bridgehead atoms. The number of hydrogen-bond donors (Lipinski definition) is 2. The van der Waals surface area contributed by atoms with Crippen LogP contribution in [0.1, 0.15) is 23.7 Å². The second-order valence-corrected chi connectivity index (χ2v) is 5.05. The van der Waals surface area contributed by atoms with Gasteiger partial charge in [-0.1, -0.05) is 18.5 Å². The normalized spacial score (nSPS) is 10.4. The van der Waals surface area contributed by atoms with Gasteiger partial charge in [-0.15, -0.1) is 0 Å². The second-order valence-electron chi connectivity index (χ2n) is 4.64. The largest absolute Gasteiger partial charge is 0.399 e. The van der Waals surface area contributed by atoms with E-state index in [1.54, 1.807) is 29.0 Å². The van der Waals surface area contributed by atoms with Crippen LogP contribution in [0.4, 0.5) is 11.4 Å². The Labute approximate surface area is 127 Å². The number of nitrogens with one attached hydrogen (secondary N) is 1. The first kappa shape index (κ1) is 15.1. The van der Waals surface area contributed by atoms with Gasteiger partial charge in [0, 0.05) is 24.5 Å². The Hall–Kier alpha value is -2.27. The fourth-order valence-corrected chi connectivity index (χ4v) is 2.14. The number of hydrogen-bond acceptors (Lipinski definition) is 3. The molecular formula is C15H16ClN3O2. The van der Waals surface area contributed by atoms with Crippen molar-refractivity contribution in [2.45, 2.75) is 19.9 Å². The molecule has 1 aromatic carbocycles. The standard InChI is InChI=1S/C15H16ClN3O2/c1-2-7-19-9-11(4-6-14(19)20)18-15(21)12-8-10(17)3-5-13(12)16/h3-6,8-9H,2,7,17H2,1H3,(H,18,21). The maximum atomic E-state index is 12.2. The third kappa shape index (κ3) is 3.64. The molecule has 2 rings (SSSR count). The molecule has 110 valence electrons. The molecular weight excluding hydrogens is 290 g/mol. The average Bonchev–Trinajstić information content (AvgIpc) is 2.45. The fraction of sp³-hybridized carbons (Fsp3) is 0.200. The Bertz CT molecular complexity index is 725. The summed E-state index contributed by atoms with van der Waals surface area (Å²) in [4.78, 5) is 23.8. The SMILES string of the molecule is CCCn1cc(NC(=O)c2cc(N)ccc2Cl)ccc1=O. The summed E-state index contributed by atoms with van der Waals surface area (Å²) < 4.78 is 1.55. The van der Waals surface area contributed by atoms with E-state index in [1.165, 1.54) is 12.1 Å². The Morgan fingerprint density at radius 1 is 1.33 bits per heavy atom. The van der Waals surface area contributed by atoms with Crippen LogP contribution in [0.2, 0.25) is 5.02 Å². The number of pyridine rings is 1. The number of carbonyl (C=O) groups excluding carboxylic acids is 1. The van der Waals surface area contributed by atoms with Gasteiger partial charge in [0.2, 0.25) is 0 Å². The summed E-state index contributed by atoms with van der Waals surface area (Å²) in [6.07, 6.45) is 2.45. The zero-order chi connectivity index (χ0) is 15.4. The highest BCUT2D eigenvalue weighted by Gasteiger charge is 2.11. The summed E-state index contributed by atoms with van der Waals surface area (Å²) in [6.45, 7) is 2.58. The van der Waals surface area contributed by atoms with Crippen LogP contribution >= 0.6 is 11.6 Å². The van der Waals surface area contributed by atoms with Gasteiger partial charge in [0.1, 0.15) is 0 Å². The molecule has 0 aliphatic carbocycles. The molecule has 0 saturated heterocycles. The number of nitrogens with two attached hydrogens (primary N) is 1. The van der Waals surface area contributed by atoms with Crippen LogP contribution < -0.4 is 16.6 Å². The van der Waals surface area contributed by atoms with Crippen LogP contribution in [0.15, 0.2) is 41.3 Å². The minimum Gasteiger partial charge on any atom is -0.399 e. The van der Waals surface area contributed by atoms with E-state index in [0.29, 0.717) is 28.5 Å². The van der Waals surface area contributed by atoms with Crippen molar-refractivity contribution in [3.05, 3.63) is 57.5 Å². The summed E-state index contributed by atoms with van der Waals surface area (Å²) in [5.74, 6) is -0.367. The van der Waals surface area contributed by atoms with Gasteiger partial charge >= 0.3 is 0 Å². The number of amides is 1. The third-order valence-corrected chi connectivity index (χ3v) is 3.27. The van der Waals surface area contributed by atoms with Gasteiger partial charge in [0.05, 0.1) is 16.3 Å². The van der Waals surface area contributed by atoms with Crippen molar-refractivity contribution in [2.75, 3.05) is 11.1 Å². The molecule has 2 aromatic rings. The molecule has 0 fully saturated rings. The van der Waals surface area contributed by atoms with E-state index in [0.717, 1.165) is 6.42 Å². The van der Waals surface area contributed by atoms with Crippen molar-refractivity contribution in [3.63, 3.8) is 0 Å². The molecule has 1 amide bonds. The number of carbonyl (C=O) groups is 1. The van der Waals surface area contributed by atoms with E-state index in [9.17, 15) is 9.59 Å². The minimum atomic E-state index is -0.367. The van der Waals surface area contributed by atoms with Gasteiger partial charge in [-0.05, 0) is 30.7 Å². The zero-order valence-corrected chi connectivity index (χ0v) is 12.4. The van der Waals surface area contributed by atoms with Crippen LogP contribution in [0.25, 0.3) is 0 Å². The third-order valence-electron chi connectivity index (χ3n) is 2.94. The van der Waals surface area contributed by atoms with Crippen molar-refractivity contribution >= 4 is 28.9 Å². The number of benzene rings is 1. The van der Waals surface area contributed by atoms with Gasteiger partial charge in [-0.25, -0.2) is 0 Å². The van der Waals surface area contributed by atoms with E-state index in [-0.39, 0.29) is 11.5 Å². The molecule has 0 aliphatic heterocycles. The zero-order valence-electron chi connectivity index (χ0n) is 11.6. The fourth-order valence-electron chi connectivity index (χ4n) is 1.94. The van der Waals surface area contributed by atoms with Crippen LogP contribution in [0, 0.1) is 0 Å². The van der Waals surface area contributed by atoms with E-state index in [2.05, 4.69) is 5.32 Å². The molecule has 0 spiro atoms. The Balaban J connectivity index is 2.25. The first-order valence-electron chi connectivity index (χ1n) is 6.58. The number of nitrogen functional groups attached to an aromatic ring is 1. The van der Waals surface area contributed by atoms with E-state index in [1.807, 2.05) is 6.92 Å². The summed E-state index contributed by atoms with van der Waals surface area (Å²) in [6, 6.07) is 7.70. The highest BCUT2D eigenvalue weighted by Crippen LogP contribution is 2.20. The molecule has 0 atom stereocenters. The summed E-state index contributed by atoms with van der Waals surface area (Å²) >= 11 is 5.99. The van der Waals surface area contributed by atoms with Crippen molar-refractivity contribution in [2.24, 2.45) is 0 Å². The molecule has 0 unspecified atom stereocenters. The lowest BCUT2D eigenvalue weighted by Gasteiger charge is -2.10. The van der Waals surface area contributed by atoms with Gasteiger partial charge in [0.15, 0.2) is 0 Å². The quantitative estimate of drug-likeness (QED) is 0.853. The Morgan fingerprint density at radius 2 is 2.10 bits per heavy atom. The molecule has 1 heterocycles. The van der Waals surface area contributed by atoms with E-state index < -0.39 is 0 Å². The van der Waals surface area contributed by atoms with Gasteiger partial charge in [0.25, 0.3) is 11.5 Å². The van der Waals surface area contributed by atoms with Crippen LogP contribution in [0.5, 0.6) is 0 Å². The van der Waals surface area contributed by atoms with Crippen molar-refractivity contribution < 1.29 is 4.79 Å². The van der Waals surface area contributed by atoms with Gasteiger partial charge < -0.3 is 15.6 Å². The number of anilines is 2. The maximum Gasteiger partial charge on any atom is 0.257 e. The first-order valence-corrected chi connectivity index (χ1v) is 6.96. The molecule has 1 aromatic heterocycles. The lowest BCUT2D eigenvalue weighted by atomic mass is 10.2. The highest BCUT2D eigenvalue weighted by molar-refractivity contribution is 6.34. The molecule has 5 nitrogen and oxygen atoms in total.